The van der Waals surface area contributed by atoms with E-state index in [-0.39, 0.29) is 42.2 Å². The number of rotatable bonds is 6. The Balaban J connectivity index is 1.79. The summed E-state index contributed by atoms with van der Waals surface area (Å²) in [5.41, 5.74) is 0.653. The lowest BCUT2D eigenvalue weighted by Gasteiger charge is -2.03. The van der Waals surface area contributed by atoms with Crippen molar-refractivity contribution in [1.82, 2.24) is 24.4 Å². The largest absolute Gasteiger partial charge is 0.353 e. The third-order valence-corrected chi connectivity index (χ3v) is 3.64. The van der Waals surface area contributed by atoms with Gasteiger partial charge in [-0.2, -0.15) is 4.68 Å². The summed E-state index contributed by atoms with van der Waals surface area (Å²) < 4.78 is 2.22. The van der Waals surface area contributed by atoms with E-state index in [2.05, 4.69) is 21.2 Å². The standard InChI is InChI=1S/C17H14N6O2/c1-2-10-23-17(25)22-11-19-15(16(22)20-21-23)13(18)8-9-14(24)12-6-4-3-5-7-12/h1,3-7,11,18H,8-10H2. The van der Waals surface area contributed by atoms with Crippen LogP contribution in [-0.2, 0) is 6.54 Å². The first-order valence-corrected chi connectivity index (χ1v) is 7.52. The van der Waals surface area contributed by atoms with E-state index in [1.54, 1.807) is 24.3 Å². The van der Waals surface area contributed by atoms with Gasteiger partial charge in [0.2, 0.25) is 0 Å². The monoisotopic (exact) mass is 334 g/mol. The van der Waals surface area contributed by atoms with Crippen LogP contribution >= 0.6 is 0 Å². The zero-order valence-corrected chi connectivity index (χ0v) is 13.2. The predicted octanol–water partition coefficient (Wildman–Crippen LogP) is 0.950. The molecule has 3 rings (SSSR count). The zero-order chi connectivity index (χ0) is 17.8. The molecular weight excluding hydrogens is 320 g/mol. The highest BCUT2D eigenvalue weighted by molar-refractivity contribution is 6.05. The quantitative estimate of drug-likeness (QED) is 0.410. The summed E-state index contributed by atoms with van der Waals surface area (Å²) in [6.45, 7) is -0.00168. The van der Waals surface area contributed by atoms with Crippen molar-refractivity contribution in [2.24, 2.45) is 0 Å². The van der Waals surface area contributed by atoms with Crippen molar-refractivity contribution in [2.75, 3.05) is 0 Å². The van der Waals surface area contributed by atoms with Gasteiger partial charge in [-0.25, -0.2) is 14.2 Å². The molecular formula is C17H14N6O2. The molecule has 25 heavy (non-hydrogen) atoms. The third-order valence-electron chi connectivity index (χ3n) is 3.64. The lowest BCUT2D eigenvalue weighted by Crippen LogP contribution is -2.29. The first-order valence-electron chi connectivity index (χ1n) is 7.52. The Morgan fingerprint density at radius 1 is 1.24 bits per heavy atom. The number of nitrogens with zero attached hydrogens (tertiary/aromatic N) is 5. The summed E-state index contributed by atoms with van der Waals surface area (Å²) in [5.74, 6) is 2.26. The molecule has 0 saturated carbocycles. The van der Waals surface area contributed by atoms with Crippen LogP contribution in [0.25, 0.3) is 5.65 Å². The van der Waals surface area contributed by atoms with E-state index >= 15 is 0 Å². The number of carbonyl (C=O) groups excluding carboxylic acids is 1. The summed E-state index contributed by atoms with van der Waals surface area (Å²) >= 11 is 0. The first kappa shape index (κ1) is 16.3. The predicted molar refractivity (Wildman–Crippen MR) is 90.7 cm³/mol. The van der Waals surface area contributed by atoms with Gasteiger partial charge in [-0.3, -0.25) is 4.79 Å². The van der Waals surface area contributed by atoms with Crippen molar-refractivity contribution in [3.05, 3.63) is 58.4 Å². The van der Waals surface area contributed by atoms with Gasteiger partial charge < -0.3 is 5.41 Å². The van der Waals surface area contributed by atoms with E-state index in [1.165, 1.54) is 10.7 Å². The number of hydrogen-bond acceptors (Lipinski definition) is 6. The Morgan fingerprint density at radius 3 is 2.72 bits per heavy atom. The Kier molecular flexibility index (Phi) is 4.48. The maximum Gasteiger partial charge on any atom is 0.353 e. The molecule has 0 spiro atoms. The molecule has 0 saturated heterocycles. The van der Waals surface area contributed by atoms with Crippen LogP contribution in [-0.4, -0.2) is 35.9 Å². The van der Waals surface area contributed by atoms with Crippen LogP contribution in [0.3, 0.4) is 0 Å². The van der Waals surface area contributed by atoms with Crippen LogP contribution in [0.4, 0.5) is 0 Å². The lowest BCUT2D eigenvalue weighted by molar-refractivity contribution is 0.0985. The minimum absolute atomic E-state index is 0.00168. The van der Waals surface area contributed by atoms with Gasteiger partial charge in [0.15, 0.2) is 11.4 Å². The highest BCUT2D eigenvalue weighted by atomic mass is 16.2. The second kappa shape index (κ2) is 6.88. The molecule has 0 aliphatic carbocycles. The van der Waals surface area contributed by atoms with Crippen molar-refractivity contribution in [3.8, 4) is 12.3 Å². The van der Waals surface area contributed by atoms with Crippen LogP contribution < -0.4 is 5.69 Å². The summed E-state index contributed by atoms with van der Waals surface area (Å²) in [4.78, 5) is 28.4. The van der Waals surface area contributed by atoms with Gasteiger partial charge in [-0.1, -0.05) is 41.5 Å². The molecule has 8 heteroatoms. The molecule has 124 valence electrons. The fourth-order valence-electron chi connectivity index (χ4n) is 2.36. The molecule has 0 aliphatic heterocycles. The van der Waals surface area contributed by atoms with Crippen molar-refractivity contribution in [1.29, 1.82) is 5.41 Å². The van der Waals surface area contributed by atoms with Gasteiger partial charge in [0.1, 0.15) is 18.6 Å². The lowest BCUT2D eigenvalue weighted by atomic mass is 10.0. The van der Waals surface area contributed by atoms with Crippen molar-refractivity contribution in [3.63, 3.8) is 0 Å². The van der Waals surface area contributed by atoms with E-state index in [1.807, 2.05) is 6.07 Å². The van der Waals surface area contributed by atoms with Crippen molar-refractivity contribution >= 4 is 17.1 Å². The van der Waals surface area contributed by atoms with Gasteiger partial charge in [0.25, 0.3) is 0 Å². The second-order valence-corrected chi connectivity index (χ2v) is 5.29. The zero-order valence-electron chi connectivity index (χ0n) is 13.2. The Bertz CT molecular complexity index is 1040. The number of terminal acetylenes is 1. The fraction of sp³-hybridized carbons (Fsp3) is 0.176. The molecule has 0 fully saturated rings. The number of Topliss-reactive ketones (excluding diaryl/α,β-unsaturated/α-hetero) is 1. The number of fused-ring (bicyclic) bond motifs is 1. The average Bonchev–Trinajstić information content (AvgIpc) is 3.07. The fourth-order valence-corrected chi connectivity index (χ4v) is 2.36. The molecule has 0 unspecified atom stereocenters. The topological polar surface area (TPSA) is 106 Å². The number of benzene rings is 1. The Hall–Kier alpha value is -3.60. The summed E-state index contributed by atoms with van der Waals surface area (Å²) in [6.07, 6.45) is 6.81. The van der Waals surface area contributed by atoms with E-state index in [9.17, 15) is 9.59 Å². The highest BCUT2D eigenvalue weighted by Crippen LogP contribution is 2.11. The van der Waals surface area contributed by atoms with Gasteiger partial charge in [0, 0.05) is 12.0 Å². The number of aromatic nitrogens is 5. The van der Waals surface area contributed by atoms with Crippen LogP contribution in [0.5, 0.6) is 0 Å². The van der Waals surface area contributed by atoms with E-state index in [0.717, 1.165) is 4.68 Å². The maximum atomic E-state index is 12.2. The number of carbonyl (C=O) groups is 1. The summed E-state index contributed by atoms with van der Waals surface area (Å²) in [7, 11) is 0. The molecule has 3 aromatic rings. The van der Waals surface area contributed by atoms with Crippen LogP contribution in [0.2, 0.25) is 0 Å². The normalized spacial score (nSPS) is 10.5. The third kappa shape index (κ3) is 3.21. The molecule has 0 radical (unpaired) electrons. The van der Waals surface area contributed by atoms with E-state index in [4.69, 9.17) is 11.8 Å². The molecule has 1 aromatic carbocycles. The van der Waals surface area contributed by atoms with Gasteiger partial charge in [0.05, 0.1) is 5.71 Å². The molecule has 2 aromatic heterocycles. The Morgan fingerprint density at radius 2 is 2.00 bits per heavy atom. The minimum atomic E-state index is -0.477. The summed E-state index contributed by atoms with van der Waals surface area (Å²) in [6, 6.07) is 8.88. The average molecular weight is 334 g/mol. The van der Waals surface area contributed by atoms with Crippen molar-refractivity contribution < 1.29 is 4.79 Å². The Labute approximate surface area is 142 Å². The second-order valence-electron chi connectivity index (χ2n) is 5.29. The number of imidazole rings is 1. The van der Waals surface area contributed by atoms with Gasteiger partial charge >= 0.3 is 5.69 Å². The number of nitrogens with one attached hydrogen (secondary N) is 1. The van der Waals surface area contributed by atoms with Crippen LogP contribution in [0.15, 0.2) is 41.5 Å². The van der Waals surface area contributed by atoms with Crippen LogP contribution in [0, 0.1) is 17.8 Å². The molecule has 2 heterocycles. The van der Waals surface area contributed by atoms with E-state index < -0.39 is 5.69 Å². The van der Waals surface area contributed by atoms with Gasteiger partial charge in [-0.15, -0.1) is 11.5 Å². The van der Waals surface area contributed by atoms with Crippen LogP contribution in [0.1, 0.15) is 28.9 Å². The molecule has 0 atom stereocenters. The first-order chi connectivity index (χ1) is 12.1. The van der Waals surface area contributed by atoms with Crippen molar-refractivity contribution in [2.45, 2.75) is 19.4 Å². The molecule has 1 N–H and O–H groups in total. The summed E-state index contributed by atoms with van der Waals surface area (Å²) in [5, 5.41) is 15.8. The number of ketones is 1. The highest BCUT2D eigenvalue weighted by Gasteiger charge is 2.16. The maximum absolute atomic E-state index is 12.2. The van der Waals surface area contributed by atoms with Gasteiger partial charge in [-0.05, 0) is 6.42 Å². The molecule has 0 aliphatic rings. The molecule has 8 nitrogen and oxygen atoms in total. The molecule has 0 amide bonds. The van der Waals surface area contributed by atoms with E-state index in [0.29, 0.717) is 5.56 Å². The SMILES string of the molecule is C#CCn1nnc2c(C(=N)CCC(=O)c3ccccc3)ncn2c1=O. The smallest absolute Gasteiger partial charge is 0.303 e. The number of hydrogen-bond donors (Lipinski definition) is 1. The molecule has 0 bridgehead atoms. The minimum Gasteiger partial charge on any atom is -0.303 e.